The number of rotatable bonds is 9. The number of hydrogen-bond donors (Lipinski definition) is 3. The first kappa shape index (κ1) is 20.0. The number of carbonyl (C=O) groups excluding carboxylic acids is 2. The molecule has 0 heterocycles. The van der Waals surface area contributed by atoms with Crippen molar-refractivity contribution in [3.63, 3.8) is 0 Å². The van der Waals surface area contributed by atoms with E-state index >= 15 is 0 Å². The molecule has 27 heavy (non-hydrogen) atoms. The third kappa shape index (κ3) is 7.19. The molecule has 0 spiro atoms. The lowest BCUT2D eigenvalue weighted by Gasteiger charge is -2.08. The van der Waals surface area contributed by atoms with Crippen molar-refractivity contribution in [2.45, 2.75) is 19.9 Å². The van der Waals surface area contributed by atoms with Gasteiger partial charge in [-0.15, -0.1) is 0 Å². The molecule has 0 aliphatic heterocycles. The topological polar surface area (TPSA) is 105 Å². The molecule has 2 aromatic carbocycles. The Bertz CT molecular complexity index is 785. The maximum Gasteiger partial charge on any atom is 0.341 e. The summed E-state index contributed by atoms with van der Waals surface area (Å²) in [7, 11) is 0. The van der Waals surface area contributed by atoms with Crippen LogP contribution in [0.2, 0.25) is 0 Å². The molecule has 0 aliphatic carbocycles. The van der Waals surface area contributed by atoms with Crippen LogP contribution in [0.3, 0.4) is 0 Å². The molecule has 0 bridgehead atoms. The van der Waals surface area contributed by atoms with Crippen LogP contribution in [-0.4, -0.2) is 36.0 Å². The highest BCUT2D eigenvalue weighted by atomic mass is 16.5. The molecule has 2 rings (SSSR count). The van der Waals surface area contributed by atoms with E-state index in [0.717, 1.165) is 11.1 Å². The maximum absolute atomic E-state index is 12.2. The first-order valence-corrected chi connectivity index (χ1v) is 8.49. The summed E-state index contributed by atoms with van der Waals surface area (Å²) in [4.78, 5) is 33.5. The molecule has 7 heteroatoms. The van der Waals surface area contributed by atoms with Crippen molar-refractivity contribution >= 4 is 17.8 Å². The molecule has 0 saturated heterocycles. The second-order valence-corrected chi connectivity index (χ2v) is 5.94. The van der Waals surface area contributed by atoms with Crippen LogP contribution < -0.4 is 15.4 Å². The predicted octanol–water partition coefficient (Wildman–Crippen LogP) is 1.76. The van der Waals surface area contributed by atoms with E-state index in [1.54, 1.807) is 36.4 Å². The van der Waals surface area contributed by atoms with Crippen LogP contribution >= 0.6 is 0 Å². The van der Waals surface area contributed by atoms with Gasteiger partial charge in [0, 0.05) is 25.6 Å². The number of amides is 2. The van der Waals surface area contributed by atoms with E-state index in [0.29, 0.717) is 30.8 Å². The fourth-order valence-corrected chi connectivity index (χ4v) is 2.32. The summed E-state index contributed by atoms with van der Waals surface area (Å²) in [6.07, 6.45) is 0.644. The molecule has 0 aliphatic rings. The molecule has 142 valence electrons. The summed E-state index contributed by atoms with van der Waals surface area (Å²) < 4.78 is 5.07. The number of carbonyl (C=O) groups is 3. The van der Waals surface area contributed by atoms with Gasteiger partial charge in [0.2, 0.25) is 5.91 Å². The number of carboxylic acid groups (broad SMARTS) is 1. The quantitative estimate of drug-likeness (QED) is 0.624. The van der Waals surface area contributed by atoms with Crippen LogP contribution in [0, 0.1) is 0 Å². The first-order chi connectivity index (χ1) is 12.9. The minimum atomic E-state index is -1.02. The highest BCUT2D eigenvalue weighted by molar-refractivity contribution is 5.94. The van der Waals surface area contributed by atoms with Crippen molar-refractivity contribution in [2.24, 2.45) is 0 Å². The Labute approximate surface area is 157 Å². The molecule has 0 aromatic heterocycles. The lowest BCUT2D eigenvalue weighted by Crippen LogP contribution is -2.25. The zero-order valence-corrected chi connectivity index (χ0v) is 15.0. The van der Waals surface area contributed by atoms with E-state index in [2.05, 4.69) is 10.6 Å². The smallest absolute Gasteiger partial charge is 0.341 e. The molecule has 2 amide bonds. The van der Waals surface area contributed by atoms with E-state index in [9.17, 15) is 14.4 Å². The van der Waals surface area contributed by atoms with Crippen molar-refractivity contribution in [1.82, 2.24) is 10.6 Å². The van der Waals surface area contributed by atoms with Crippen LogP contribution in [0.25, 0.3) is 0 Å². The summed E-state index contributed by atoms with van der Waals surface area (Å²) in [5.74, 6) is -0.796. The lowest BCUT2D eigenvalue weighted by molar-refractivity contribution is -0.139. The van der Waals surface area contributed by atoms with E-state index in [1.165, 1.54) is 6.92 Å². The van der Waals surface area contributed by atoms with Gasteiger partial charge in [-0.3, -0.25) is 9.59 Å². The number of nitrogens with one attached hydrogen (secondary N) is 2. The van der Waals surface area contributed by atoms with Gasteiger partial charge in [0.15, 0.2) is 6.61 Å². The molecule has 0 radical (unpaired) electrons. The zero-order chi connectivity index (χ0) is 19.6. The van der Waals surface area contributed by atoms with Crippen molar-refractivity contribution in [1.29, 1.82) is 0 Å². The molecular weight excluding hydrogens is 348 g/mol. The first-order valence-electron chi connectivity index (χ1n) is 8.49. The third-order valence-electron chi connectivity index (χ3n) is 3.74. The number of aliphatic carboxylic acids is 1. The third-order valence-corrected chi connectivity index (χ3v) is 3.74. The fraction of sp³-hybridized carbons (Fsp3) is 0.250. The molecule has 7 nitrogen and oxygen atoms in total. The molecule has 0 saturated carbocycles. The Kier molecular flexibility index (Phi) is 7.37. The Balaban J connectivity index is 1.76. The minimum absolute atomic E-state index is 0.0988. The van der Waals surface area contributed by atoms with Crippen LogP contribution in [0.1, 0.15) is 28.4 Å². The van der Waals surface area contributed by atoms with Gasteiger partial charge < -0.3 is 20.5 Å². The van der Waals surface area contributed by atoms with Gasteiger partial charge in [-0.25, -0.2) is 4.79 Å². The van der Waals surface area contributed by atoms with Crippen molar-refractivity contribution in [3.8, 4) is 5.75 Å². The monoisotopic (exact) mass is 370 g/mol. The molecule has 3 N–H and O–H groups in total. The predicted molar refractivity (Wildman–Crippen MR) is 99.6 cm³/mol. The van der Waals surface area contributed by atoms with Gasteiger partial charge >= 0.3 is 5.97 Å². The highest BCUT2D eigenvalue weighted by Crippen LogP contribution is 2.12. The Morgan fingerprint density at radius 2 is 1.56 bits per heavy atom. The van der Waals surface area contributed by atoms with Crippen LogP contribution in [-0.2, 0) is 22.6 Å². The molecule has 0 atom stereocenters. The number of benzene rings is 2. The standard InChI is InChI=1S/C20H22N2O5/c1-14(23)22-12-16-2-6-17(7-3-16)20(26)21-11-10-15-4-8-18(9-5-15)27-13-19(24)25/h2-9H,10-13H2,1H3,(H,21,26)(H,22,23)(H,24,25). The number of ether oxygens (including phenoxy) is 1. The summed E-state index contributed by atoms with van der Waals surface area (Å²) in [5, 5.41) is 14.1. The summed E-state index contributed by atoms with van der Waals surface area (Å²) in [6, 6.07) is 14.1. The van der Waals surface area contributed by atoms with E-state index < -0.39 is 5.97 Å². The van der Waals surface area contributed by atoms with Crippen LogP contribution in [0.5, 0.6) is 5.75 Å². The van der Waals surface area contributed by atoms with Crippen molar-refractivity contribution in [2.75, 3.05) is 13.2 Å². The average Bonchev–Trinajstić information content (AvgIpc) is 2.66. The van der Waals surface area contributed by atoms with Gasteiger partial charge in [0.25, 0.3) is 5.91 Å². The number of hydrogen-bond acceptors (Lipinski definition) is 4. The van der Waals surface area contributed by atoms with Gasteiger partial charge in [0.05, 0.1) is 0 Å². The normalized spacial score (nSPS) is 10.1. The Hall–Kier alpha value is -3.35. The van der Waals surface area contributed by atoms with E-state index in [-0.39, 0.29) is 18.4 Å². The molecule has 0 fully saturated rings. The molecular formula is C20H22N2O5. The molecule has 2 aromatic rings. The largest absolute Gasteiger partial charge is 0.482 e. The lowest BCUT2D eigenvalue weighted by atomic mass is 10.1. The van der Waals surface area contributed by atoms with Crippen LogP contribution in [0.4, 0.5) is 0 Å². The second-order valence-electron chi connectivity index (χ2n) is 5.94. The second kappa shape index (κ2) is 9.96. The van der Waals surface area contributed by atoms with Gasteiger partial charge in [-0.1, -0.05) is 24.3 Å². The SMILES string of the molecule is CC(=O)NCc1ccc(C(=O)NCCc2ccc(OCC(=O)O)cc2)cc1. The van der Waals surface area contributed by atoms with E-state index in [4.69, 9.17) is 9.84 Å². The summed E-state index contributed by atoms with van der Waals surface area (Å²) in [5.41, 5.74) is 2.48. The summed E-state index contributed by atoms with van der Waals surface area (Å²) >= 11 is 0. The minimum Gasteiger partial charge on any atom is -0.482 e. The van der Waals surface area contributed by atoms with E-state index in [1.807, 2.05) is 12.1 Å². The fourth-order valence-electron chi connectivity index (χ4n) is 2.32. The number of carboxylic acids is 1. The highest BCUT2D eigenvalue weighted by Gasteiger charge is 2.05. The Morgan fingerprint density at radius 3 is 2.15 bits per heavy atom. The Morgan fingerprint density at radius 1 is 0.926 bits per heavy atom. The van der Waals surface area contributed by atoms with Crippen molar-refractivity contribution in [3.05, 3.63) is 65.2 Å². The van der Waals surface area contributed by atoms with Gasteiger partial charge in [0.1, 0.15) is 5.75 Å². The molecule has 0 unspecified atom stereocenters. The maximum atomic E-state index is 12.2. The summed E-state index contributed by atoms with van der Waals surface area (Å²) in [6.45, 7) is 1.99. The van der Waals surface area contributed by atoms with Crippen molar-refractivity contribution < 1.29 is 24.2 Å². The zero-order valence-electron chi connectivity index (χ0n) is 15.0. The van der Waals surface area contributed by atoms with Gasteiger partial charge in [-0.05, 0) is 41.8 Å². The van der Waals surface area contributed by atoms with Crippen LogP contribution in [0.15, 0.2) is 48.5 Å². The average molecular weight is 370 g/mol. The van der Waals surface area contributed by atoms with Gasteiger partial charge in [-0.2, -0.15) is 0 Å².